The quantitative estimate of drug-likeness (QED) is 0.545. The fourth-order valence-corrected chi connectivity index (χ4v) is 0.365. The molecule has 0 aliphatic rings. The molecule has 3 nitrogen and oxygen atoms in total. The highest BCUT2D eigenvalue weighted by atomic mass is 16.6. The standard InChI is InChI=1S/C5H12O2.H3N/c1-3-4-5(6)7-2;/h5-6H,3-4H2,1-2H3;1H3. The van der Waals surface area contributed by atoms with E-state index in [1.54, 1.807) is 0 Å². The minimum absolute atomic E-state index is 0. The molecule has 0 aromatic rings. The van der Waals surface area contributed by atoms with Gasteiger partial charge in [0.05, 0.1) is 0 Å². The molecule has 8 heavy (non-hydrogen) atoms. The second-order valence-electron chi connectivity index (χ2n) is 1.48. The van der Waals surface area contributed by atoms with Gasteiger partial charge in [-0.05, 0) is 6.42 Å². The molecule has 0 rings (SSSR count). The summed E-state index contributed by atoms with van der Waals surface area (Å²) in [6.07, 6.45) is 1.15. The fourth-order valence-electron chi connectivity index (χ4n) is 0.365. The van der Waals surface area contributed by atoms with Gasteiger partial charge in [-0.25, -0.2) is 0 Å². The Labute approximate surface area is 50.2 Å². The van der Waals surface area contributed by atoms with Gasteiger partial charge in [-0.1, -0.05) is 13.3 Å². The number of rotatable bonds is 3. The summed E-state index contributed by atoms with van der Waals surface area (Å²) in [5, 5.41) is 8.64. The third-order valence-electron chi connectivity index (χ3n) is 0.808. The summed E-state index contributed by atoms with van der Waals surface area (Å²) in [6.45, 7) is 2.00. The van der Waals surface area contributed by atoms with Gasteiger partial charge in [0, 0.05) is 7.11 Å². The first-order valence-corrected chi connectivity index (χ1v) is 2.52. The second kappa shape index (κ2) is 6.88. The van der Waals surface area contributed by atoms with Crippen LogP contribution in [0.2, 0.25) is 0 Å². The summed E-state index contributed by atoms with van der Waals surface area (Å²) in [5.74, 6) is 0. The molecule has 1 unspecified atom stereocenters. The van der Waals surface area contributed by atoms with Gasteiger partial charge in [-0.2, -0.15) is 0 Å². The minimum Gasteiger partial charge on any atom is -0.368 e. The molecule has 0 saturated carbocycles. The maximum absolute atomic E-state index is 8.64. The van der Waals surface area contributed by atoms with E-state index < -0.39 is 6.29 Å². The zero-order valence-electron chi connectivity index (χ0n) is 5.55. The SMILES string of the molecule is CCCC(O)OC.N. The Morgan fingerprint density at radius 3 is 2.25 bits per heavy atom. The van der Waals surface area contributed by atoms with Crippen LogP contribution < -0.4 is 6.15 Å². The van der Waals surface area contributed by atoms with Crippen LogP contribution in [0.5, 0.6) is 0 Å². The third-order valence-corrected chi connectivity index (χ3v) is 0.808. The van der Waals surface area contributed by atoms with Crippen LogP contribution in [0, 0.1) is 0 Å². The molecule has 0 bridgehead atoms. The highest BCUT2D eigenvalue weighted by molar-refractivity contribution is 4.34. The van der Waals surface area contributed by atoms with Crippen LogP contribution in [0.25, 0.3) is 0 Å². The molecular weight excluding hydrogens is 106 g/mol. The first kappa shape index (κ1) is 10.8. The van der Waals surface area contributed by atoms with E-state index >= 15 is 0 Å². The molecule has 1 atom stereocenters. The Morgan fingerprint density at radius 2 is 2.12 bits per heavy atom. The van der Waals surface area contributed by atoms with Crippen LogP contribution >= 0.6 is 0 Å². The molecule has 0 aromatic carbocycles. The van der Waals surface area contributed by atoms with Crippen LogP contribution in [0.15, 0.2) is 0 Å². The predicted octanol–water partition coefficient (Wildman–Crippen LogP) is 0.913. The lowest BCUT2D eigenvalue weighted by atomic mass is 10.3. The lowest BCUT2D eigenvalue weighted by molar-refractivity contribution is -0.0783. The summed E-state index contributed by atoms with van der Waals surface area (Å²) in [4.78, 5) is 0. The van der Waals surface area contributed by atoms with Gasteiger partial charge in [0.25, 0.3) is 0 Å². The molecule has 0 aromatic heterocycles. The normalized spacial score (nSPS) is 12.4. The average molecular weight is 121 g/mol. The van der Waals surface area contributed by atoms with Gasteiger partial charge in [-0.3, -0.25) is 0 Å². The van der Waals surface area contributed by atoms with Crippen LogP contribution in [0.3, 0.4) is 0 Å². The molecule has 0 aliphatic carbocycles. The summed E-state index contributed by atoms with van der Waals surface area (Å²) < 4.78 is 4.55. The lowest BCUT2D eigenvalue weighted by Gasteiger charge is -2.03. The van der Waals surface area contributed by atoms with E-state index in [1.165, 1.54) is 7.11 Å². The first-order valence-electron chi connectivity index (χ1n) is 2.52. The van der Waals surface area contributed by atoms with Crippen LogP contribution in [0.4, 0.5) is 0 Å². The smallest absolute Gasteiger partial charge is 0.154 e. The second-order valence-corrected chi connectivity index (χ2v) is 1.48. The maximum atomic E-state index is 8.64. The van der Waals surface area contributed by atoms with Gasteiger partial charge in [0.2, 0.25) is 0 Å². The highest BCUT2D eigenvalue weighted by Crippen LogP contribution is 1.93. The van der Waals surface area contributed by atoms with Crippen LogP contribution in [0.1, 0.15) is 19.8 Å². The molecule has 3 heteroatoms. The molecule has 0 heterocycles. The van der Waals surface area contributed by atoms with E-state index in [9.17, 15) is 0 Å². The third kappa shape index (κ3) is 5.88. The summed E-state index contributed by atoms with van der Waals surface area (Å²) >= 11 is 0. The van der Waals surface area contributed by atoms with Crippen molar-refractivity contribution >= 4 is 0 Å². The number of hydrogen-bond donors (Lipinski definition) is 2. The average Bonchev–Trinajstić information content (AvgIpc) is 1.68. The van der Waals surface area contributed by atoms with Gasteiger partial charge in [0.15, 0.2) is 6.29 Å². The number of aliphatic hydroxyl groups is 1. The first-order chi connectivity index (χ1) is 3.31. The van der Waals surface area contributed by atoms with E-state index in [1.807, 2.05) is 6.92 Å². The predicted molar refractivity (Wildman–Crippen MR) is 32.9 cm³/mol. The van der Waals surface area contributed by atoms with E-state index in [-0.39, 0.29) is 6.15 Å². The van der Waals surface area contributed by atoms with Crippen molar-refractivity contribution in [1.29, 1.82) is 0 Å². The van der Waals surface area contributed by atoms with Crippen molar-refractivity contribution < 1.29 is 9.84 Å². The van der Waals surface area contributed by atoms with Crippen LogP contribution in [-0.2, 0) is 4.74 Å². The highest BCUT2D eigenvalue weighted by Gasteiger charge is 1.94. The van der Waals surface area contributed by atoms with E-state index in [0.29, 0.717) is 0 Å². The molecule has 0 aliphatic heterocycles. The molecule has 0 amide bonds. The van der Waals surface area contributed by atoms with Gasteiger partial charge in [0.1, 0.15) is 0 Å². The Bertz CT molecular complexity index is 41.4. The fraction of sp³-hybridized carbons (Fsp3) is 1.00. The van der Waals surface area contributed by atoms with Crippen molar-refractivity contribution in [2.24, 2.45) is 0 Å². The largest absolute Gasteiger partial charge is 0.368 e. The van der Waals surface area contributed by atoms with E-state index in [2.05, 4.69) is 4.74 Å². The van der Waals surface area contributed by atoms with Gasteiger partial charge >= 0.3 is 0 Å². The van der Waals surface area contributed by atoms with E-state index in [4.69, 9.17) is 5.11 Å². The van der Waals surface area contributed by atoms with E-state index in [0.717, 1.165) is 12.8 Å². The maximum Gasteiger partial charge on any atom is 0.154 e. The Kier molecular flexibility index (Phi) is 9.28. The zero-order chi connectivity index (χ0) is 5.70. The Morgan fingerprint density at radius 1 is 1.62 bits per heavy atom. The molecule has 0 spiro atoms. The van der Waals surface area contributed by atoms with Gasteiger partial charge < -0.3 is 16.0 Å². The zero-order valence-corrected chi connectivity index (χ0v) is 5.55. The molecule has 52 valence electrons. The van der Waals surface area contributed by atoms with Crippen molar-refractivity contribution in [3.05, 3.63) is 0 Å². The Balaban J connectivity index is 0. The molecule has 4 N–H and O–H groups in total. The number of ether oxygens (including phenoxy) is 1. The van der Waals surface area contributed by atoms with Crippen molar-refractivity contribution in [1.82, 2.24) is 6.15 Å². The number of hydrogen-bond acceptors (Lipinski definition) is 3. The minimum atomic E-state index is -0.551. The summed E-state index contributed by atoms with van der Waals surface area (Å²) in [6, 6.07) is 0. The monoisotopic (exact) mass is 121 g/mol. The van der Waals surface area contributed by atoms with Crippen molar-refractivity contribution in [2.75, 3.05) is 7.11 Å². The lowest BCUT2D eigenvalue weighted by Crippen LogP contribution is -2.06. The summed E-state index contributed by atoms with van der Waals surface area (Å²) in [7, 11) is 1.50. The summed E-state index contributed by atoms with van der Waals surface area (Å²) in [5.41, 5.74) is 0. The molecule has 0 fully saturated rings. The van der Waals surface area contributed by atoms with Crippen molar-refractivity contribution in [3.8, 4) is 0 Å². The van der Waals surface area contributed by atoms with Crippen molar-refractivity contribution in [3.63, 3.8) is 0 Å². The van der Waals surface area contributed by atoms with Crippen LogP contribution in [-0.4, -0.2) is 18.5 Å². The van der Waals surface area contributed by atoms with Gasteiger partial charge in [-0.15, -0.1) is 0 Å². The number of aliphatic hydroxyl groups excluding tert-OH is 1. The van der Waals surface area contributed by atoms with Crippen molar-refractivity contribution in [2.45, 2.75) is 26.1 Å². The number of methoxy groups -OCH3 is 1. The topological polar surface area (TPSA) is 64.5 Å². The molecule has 0 radical (unpaired) electrons. The molecular formula is C5H15NO2. The Hall–Kier alpha value is -0.120. The molecule has 0 saturated heterocycles.